The molecule has 0 N–H and O–H groups in total. The first-order valence-corrected chi connectivity index (χ1v) is 18.4. The van der Waals surface area contributed by atoms with Crippen LogP contribution in [0.2, 0.25) is 0 Å². The molecule has 0 saturated heterocycles. The molecule has 0 heteroatoms. The van der Waals surface area contributed by atoms with Gasteiger partial charge in [-0.15, -0.1) is 0 Å². The zero-order valence-electron chi connectivity index (χ0n) is 29.7. The van der Waals surface area contributed by atoms with Gasteiger partial charge < -0.3 is 0 Å². The Morgan fingerprint density at radius 2 is 0.788 bits per heavy atom. The Morgan fingerprint density at radius 1 is 0.288 bits per heavy atom. The van der Waals surface area contributed by atoms with Crippen LogP contribution in [0.3, 0.4) is 0 Å². The van der Waals surface area contributed by atoms with Crippen LogP contribution in [0.1, 0.15) is 26.3 Å². The average molecular weight is 663 g/mol. The summed E-state index contributed by atoms with van der Waals surface area (Å²) >= 11 is 0. The molecule has 0 aliphatic carbocycles. The van der Waals surface area contributed by atoms with E-state index in [2.05, 4.69) is 197 Å². The minimum absolute atomic E-state index is 0.0105. The first-order valence-electron chi connectivity index (χ1n) is 18.4. The molecule has 0 amide bonds. The number of hydrogen-bond donors (Lipinski definition) is 0. The predicted octanol–water partition coefficient (Wildman–Crippen LogP) is 14.9. The van der Waals surface area contributed by atoms with Crippen LogP contribution in [-0.2, 0) is 5.41 Å². The summed E-state index contributed by atoms with van der Waals surface area (Å²) in [5.74, 6) is 0. The Morgan fingerprint density at radius 3 is 1.50 bits per heavy atom. The summed E-state index contributed by atoms with van der Waals surface area (Å²) in [7, 11) is 0. The summed E-state index contributed by atoms with van der Waals surface area (Å²) in [6, 6.07) is 65.6. The van der Waals surface area contributed by atoms with E-state index in [9.17, 15) is 0 Å². The fourth-order valence-electron chi connectivity index (χ4n) is 8.61. The highest BCUT2D eigenvalue weighted by atomic mass is 14.2. The van der Waals surface area contributed by atoms with Crippen molar-refractivity contribution in [2.75, 3.05) is 0 Å². The van der Waals surface area contributed by atoms with Crippen molar-refractivity contribution in [3.05, 3.63) is 181 Å². The Labute approximate surface area is 304 Å². The van der Waals surface area contributed by atoms with Gasteiger partial charge >= 0.3 is 0 Å². The SMILES string of the molecule is CC(C)(C)c1ccc2c(-c3cccc4c3ccc3ccccc34)c3ccccc3c(-c3ccc(-c4cc5ccccc5c5ccccc45)cc3)c2c1. The fourth-order valence-corrected chi connectivity index (χ4v) is 8.61. The fraction of sp³-hybridized carbons (Fsp3) is 0.0769. The molecule has 52 heavy (non-hydrogen) atoms. The number of benzene rings is 10. The second kappa shape index (κ2) is 11.7. The van der Waals surface area contributed by atoms with Crippen LogP contribution in [-0.4, -0.2) is 0 Å². The smallest absolute Gasteiger partial charge is 0.00201 e. The van der Waals surface area contributed by atoms with E-state index in [0.29, 0.717) is 0 Å². The maximum absolute atomic E-state index is 2.46. The van der Waals surface area contributed by atoms with Gasteiger partial charge in [-0.1, -0.05) is 185 Å². The van der Waals surface area contributed by atoms with Crippen LogP contribution in [0.5, 0.6) is 0 Å². The summed E-state index contributed by atoms with van der Waals surface area (Å²) in [5, 5.41) is 15.4. The summed E-state index contributed by atoms with van der Waals surface area (Å²) in [6.45, 7) is 6.94. The molecule has 0 aliphatic rings. The topological polar surface area (TPSA) is 0 Å². The van der Waals surface area contributed by atoms with Crippen molar-refractivity contribution in [3.8, 4) is 33.4 Å². The molecule has 0 aliphatic heterocycles. The maximum Gasteiger partial charge on any atom is -0.00201 e. The van der Waals surface area contributed by atoms with E-state index in [1.807, 2.05) is 0 Å². The highest BCUT2D eigenvalue weighted by Crippen LogP contribution is 2.47. The number of fused-ring (bicyclic) bond motifs is 8. The second-order valence-corrected chi connectivity index (χ2v) is 15.3. The molecule has 246 valence electrons. The van der Waals surface area contributed by atoms with E-state index in [4.69, 9.17) is 0 Å². The molecule has 0 fully saturated rings. The first-order chi connectivity index (χ1) is 25.4. The number of rotatable bonds is 3. The van der Waals surface area contributed by atoms with Crippen LogP contribution in [0, 0.1) is 0 Å². The third-order valence-electron chi connectivity index (χ3n) is 11.2. The quantitative estimate of drug-likeness (QED) is 0.130. The highest BCUT2D eigenvalue weighted by Gasteiger charge is 2.21. The van der Waals surface area contributed by atoms with Crippen molar-refractivity contribution in [1.82, 2.24) is 0 Å². The van der Waals surface area contributed by atoms with Crippen molar-refractivity contribution in [1.29, 1.82) is 0 Å². The highest BCUT2D eigenvalue weighted by molar-refractivity contribution is 6.25. The van der Waals surface area contributed by atoms with Crippen molar-refractivity contribution < 1.29 is 0 Å². The maximum atomic E-state index is 2.46. The molecule has 0 saturated carbocycles. The van der Waals surface area contributed by atoms with Crippen molar-refractivity contribution in [2.24, 2.45) is 0 Å². The molecular formula is C52H38. The molecule has 10 rings (SSSR count). The van der Waals surface area contributed by atoms with Gasteiger partial charge in [-0.3, -0.25) is 0 Å². The van der Waals surface area contributed by atoms with Crippen LogP contribution in [0.25, 0.3) is 98.0 Å². The molecule has 0 heterocycles. The molecule has 0 unspecified atom stereocenters. The molecule has 0 bridgehead atoms. The van der Waals surface area contributed by atoms with Gasteiger partial charge in [-0.2, -0.15) is 0 Å². The van der Waals surface area contributed by atoms with E-state index in [1.54, 1.807) is 0 Å². The van der Waals surface area contributed by atoms with Gasteiger partial charge in [-0.25, -0.2) is 0 Å². The van der Waals surface area contributed by atoms with E-state index in [1.165, 1.54) is 104 Å². The van der Waals surface area contributed by atoms with Crippen LogP contribution in [0.4, 0.5) is 0 Å². The standard InChI is InChI=1S/C52H38/c1-52(2,3)37-28-30-47-49(32-37)50(35-25-23-34(24-26-35)48-31-36-14-5-7-16-39(36)40-17-8-9-18-42(40)48)45-19-10-11-20-46(45)51(47)44-22-12-21-41-38-15-6-4-13-33(38)27-29-43(41)44/h4-32H,1-3H3. The summed E-state index contributed by atoms with van der Waals surface area (Å²) in [4.78, 5) is 0. The lowest BCUT2D eigenvalue weighted by Gasteiger charge is -2.23. The summed E-state index contributed by atoms with van der Waals surface area (Å²) < 4.78 is 0. The molecule has 0 aromatic heterocycles. The lowest BCUT2D eigenvalue weighted by atomic mass is 9.80. The summed E-state index contributed by atoms with van der Waals surface area (Å²) in [6.07, 6.45) is 0. The van der Waals surface area contributed by atoms with E-state index in [0.717, 1.165) is 0 Å². The van der Waals surface area contributed by atoms with Gasteiger partial charge in [0.15, 0.2) is 0 Å². The minimum atomic E-state index is 0.0105. The molecule has 0 spiro atoms. The van der Waals surface area contributed by atoms with Gasteiger partial charge in [0.05, 0.1) is 0 Å². The van der Waals surface area contributed by atoms with Gasteiger partial charge in [0.2, 0.25) is 0 Å². The van der Waals surface area contributed by atoms with Crippen LogP contribution >= 0.6 is 0 Å². The van der Waals surface area contributed by atoms with Crippen molar-refractivity contribution in [2.45, 2.75) is 26.2 Å². The lowest BCUT2D eigenvalue weighted by Crippen LogP contribution is -2.10. The minimum Gasteiger partial charge on any atom is -0.0616 e. The number of hydrogen-bond acceptors (Lipinski definition) is 0. The molecule has 0 atom stereocenters. The zero-order chi connectivity index (χ0) is 35.0. The Balaban J connectivity index is 1.24. The normalized spacial score (nSPS) is 12.1. The molecule has 0 nitrogen and oxygen atoms in total. The monoisotopic (exact) mass is 662 g/mol. The van der Waals surface area contributed by atoms with E-state index >= 15 is 0 Å². The molecule has 10 aromatic rings. The Bertz CT molecular complexity index is 3030. The lowest BCUT2D eigenvalue weighted by molar-refractivity contribution is 0.591. The van der Waals surface area contributed by atoms with Gasteiger partial charge in [-0.05, 0) is 121 Å². The Hall–Kier alpha value is -6.24. The van der Waals surface area contributed by atoms with E-state index < -0.39 is 0 Å². The van der Waals surface area contributed by atoms with Crippen LogP contribution < -0.4 is 0 Å². The second-order valence-electron chi connectivity index (χ2n) is 15.3. The third-order valence-corrected chi connectivity index (χ3v) is 11.2. The van der Waals surface area contributed by atoms with Gasteiger partial charge in [0.1, 0.15) is 0 Å². The third kappa shape index (κ3) is 4.75. The first kappa shape index (κ1) is 30.6. The molecule has 10 aromatic carbocycles. The zero-order valence-corrected chi connectivity index (χ0v) is 29.7. The van der Waals surface area contributed by atoms with E-state index in [-0.39, 0.29) is 5.41 Å². The predicted molar refractivity (Wildman–Crippen MR) is 226 cm³/mol. The van der Waals surface area contributed by atoms with Gasteiger partial charge in [0.25, 0.3) is 0 Å². The molecular weight excluding hydrogens is 625 g/mol. The average Bonchev–Trinajstić information content (AvgIpc) is 3.19. The van der Waals surface area contributed by atoms with Crippen molar-refractivity contribution >= 4 is 64.6 Å². The Kier molecular flexibility index (Phi) is 6.85. The summed E-state index contributed by atoms with van der Waals surface area (Å²) in [5.41, 5.74) is 8.95. The van der Waals surface area contributed by atoms with Crippen LogP contribution in [0.15, 0.2) is 176 Å². The largest absolute Gasteiger partial charge is 0.0616 e. The molecule has 0 radical (unpaired) electrons. The van der Waals surface area contributed by atoms with Crippen molar-refractivity contribution in [3.63, 3.8) is 0 Å². The van der Waals surface area contributed by atoms with Gasteiger partial charge in [0, 0.05) is 0 Å².